The third kappa shape index (κ3) is 4.99. The normalized spacial score (nSPS) is 16.5. The fourth-order valence-electron chi connectivity index (χ4n) is 3.58. The molecular weight excluding hydrogens is 392 g/mol. The Bertz CT molecular complexity index is 830. The lowest BCUT2D eigenvalue weighted by Crippen LogP contribution is -2.51. The van der Waals surface area contributed by atoms with Crippen LogP contribution in [0.25, 0.3) is 0 Å². The second-order valence-corrected chi connectivity index (χ2v) is 7.46. The quantitative estimate of drug-likeness (QED) is 0.339. The van der Waals surface area contributed by atoms with Crippen LogP contribution >= 0.6 is 11.6 Å². The Hall–Kier alpha value is -2.77. The van der Waals surface area contributed by atoms with Crippen molar-refractivity contribution in [2.24, 2.45) is 10.3 Å². The van der Waals surface area contributed by atoms with Crippen LogP contribution in [-0.4, -0.2) is 59.3 Å². The summed E-state index contributed by atoms with van der Waals surface area (Å²) in [6.45, 7) is 3.83. The Morgan fingerprint density at radius 2 is 1.59 bits per heavy atom. The van der Waals surface area contributed by atoms with Gasteiger partial charge in [-0.3, -0.25) is 9.69 Å². The first-order valence-corrected chi connectivity index (χ1v) is 9.76. The van der Waals surface area contributed by atoms with Crippen LogP contribution in [-0.2, 0) is 4.79 Å². The summed E-state index contributed by atoms with van der Waals surface area (Å²) < 4.78 is 0. The summed E-state index contributed by atoms with van der Waals surface area (Å²) in [6, 6.07) is 16.3. The van der Waals surface area contributed by atoms with Gasteiger partial charge in [0.15, 0.2) is 5.71 Å². The fraction of sp³-hybridized carbons (Fsp3) is 0.333. The highest BCUT2D eigenvalue weighted by Crippen LogP contribution is 2.30. The van der Waals surface area contributed by atoms with E-state index >= 15 is 0 Å². The lowest BCUT2D eigenvalue weighted by molar-refractivity contribution is -0.126. The molecule has 0 aromatic heterocycles. The number of aryl methyl sites for hydroxylation is 1. The van der Waals surface area contributed by atoms with Crippen molar-refractivity contribution in [1.82, 2.24) is 9.80 Å². The Balaban J connectivity index is 1.80. The molecule has 0 saturated carbocycles. The van der Waals surface area contributed by atoms with Crippen LogP contribution in [0.5, 0.6) is 0 Å². The predicted octanol–water partition coefficient (Wildman–Crippen LogP) is 3.48. The van der Waals surface area contributed by atoms with Gasteiger partial charge >= 0.3 is 0 Å². The molecule has 1 heterocycles. The van der Waals surface area contributed by atoms with Crippen LogP contribution < -0.4 is 0 Å². The van der Waals surface area contributed by atoms with Crippen molar-refractivity contribution in [3.8, 4) is 0 Å². The van der Waals surface area contributed by atoms with Gasteiger partial charge in [0.1, 0.15) is 6.54 Å². The molecule has 0 spiro atoms. The first kappa shape index (κ1) is 21.0. The minimum atomic E-state index is -0.454. The second kappa shape index (κ2) is 9.62. The first-order chi connectivity index (χ1) is 14.0. The van der Waals surface area contributed by atoms with Crippen molar-refractivity contribution in [2.45, 2.75) is 13.0 Å². The minimum Gasteiger partial charge on any atom is -0.410 e. The van der Waals surface area contributed by atoms with Gasteiger partial charge in [-0.25, -0.2) is 0 Å². The number of nitrogens with zero attached hydrogens (tertiary/aromatic N) is 4. The van der Waals surface area contributed by atoms with E-state index in [4.69, 9.17) is 16.8 Å². The molecule has 1 aliphatic rings. The Kier molecular flexibility index (Phi) is 6.95. The lowest BCUT2D eigenvalue weighted by Gasteiger charge is -2.39. The zero-order chi connectivity index (χ0) is 20.8. The summed E-state index contributed by atoms with van der Waals surface area (Å²) in [7, 11) is 0. The molecule has 152 valence electrons. The summed E-state index contributed by atoms with van der Waals surface area (Å²) in [4.78, 5) is 26.7. The molecule has 0 radical (unpaired) electrons. The highest BCUT2D eigenvalue weighted by molar-refractivity contribution is 6.39. The topological polar surface area (TPSA) is 85.6 Å². The molecule has 1 fully saturated rings. The van der Waals surface area contributed by atoms with Crippen molar-refractivity contribution in [1.29, 1.82) is 0 Å². The van der Waals surface area contributed by atoms with Crippen molar-refractivity contribution in [3.05, 3.63) is 75.2 Å². The second-order valence-electron chi connectivity index (χ2n) is 7.03. The Morgan fingerprint density at radius 1 is 1.03 bits per heavy atom. The van der Waals surface area contributed by atoms with Gasteiger partial charge < -0.3 is 10.1 Å². The van der Waals surface area contributed by atoms with Crippen molar-refractivity contribution in [3.63, 3.8) is 0 Å². The van der Waals surface area contributed by atoms with E-state index < -0.39 is 12.5 Å². The number of oxime groups is 1. The molecule has 0 bridgehead atoms. The first-order valence-electron chi connectivity index (χ1n) is 9.39. The molecule has 1 unspecified atom stereocenters. The molecule has 29 heavy (non-hydrogen) atoms. The van der Waals surface area contributed by atoms with E-state index in [-0.39, 0.29) is 11.8 Å². The number of halogens is 1. The molecular formula is C21H23ClN4O3. The predicted molar refractivity (Wildman–Crippen MR) is 113 cm³/mol. The van der Waals surface area contributed by atoms with Gasteiger partial charge in [-0.05, 0) is 30.2 Å². The van der Waals surface area contributed by atoms with E-state index in [1.54, 1.807) is 4.90 Å². The number of carbonyl (C=O) groups excluding carboxylic acids is 1. The van der Waals surface area contributed by atoms with Gasteiger partial charge in [0, 0.05) is 31.2 Å². The average molecular weight is 415 g/mol. The summed E-state index contributed by atoms with van der Waals surface area (Å²) in [5.74, 6) is -0.454. The lowest BCUT2D eigenvalue weighted by atomic mass is 9.95. The van der Waals surface area contributed by atoms with Crippen LogP contribution in [0.3, 0.4) is 0 Å². The number of rotatable bonds is 6. The van der Waals surface area contributed by atoms with Crippen LogP contribution in [0.4, 0.5) is 0 Å². The van der Waals surface area contributed by atoms with E-state index in [2.05, 4.69) is 46.4 Å². The van der Waals surface area contributed by atoms with Gasteiger partial charge in [-0.2, -0.15) is 4.91 Å². The number of carbonyl (C=O) groups is 1. The van der Waals surface area contributed by atoms with Crippen LogP contribution in [0.15, 0.2) is 58.9 Å². The number of hydrogen-bond donors (Lipinski definition) is 1. The third-order valence-corrected chi connectivity index (χ3v) is 5.38. The van der Waals surface area contributed by atoms with Gasteiger partial charge in [0.25, 0.3) is 5.91 Å². The van der Waals surface area contributed by atoms with Gasteiger partial charge in [0.2, 0.25) is 0 Å². The molecule has 0 aliphatic carbocycles. The maximum Gasteiger partial charge on any atom is 0.273 e. The number of hydrogen-bond acceptors (Lipinski definition) is 6. The van der Waals surface area contributed by atoms with Crippen LogP contribution in [0.2, 0.25) is 5.02 Å². The van der Waals surface area contributed by atoms with Crippen LogP contribution in [0, 0.1) is 11.8 Å². The molecule has 7 nitrogen and oxygen atoms in total. The number of piperazine rings is 1. The highest BCUT2D eigenvalue weighted by Gasteiger charge is 2.30. The van der Waals surface area contributed by atoms with E-state index in [1.165, 1.54) is 11.1 Å². The average Bonchev–Trinajstić information content (AvgIpc) is 2.75. The standard InChI is InChI=1S/C21H23ClN4O3/c1-15-2-4-16(5-3-15)20(17-6-8-18(22)9-7-17)25-10-12-26(13-11-25)21(27)19(24-29)14-23-28/h2-9,20,29H,10-14H2,1H3. The summed E-state index contributed by atoms with van der Waals surface area (Å²) in [6.07, 6.45) is 0. The van der Waals surface area contributed by atoms with Crippen LogP contribution in [0.1, 0.15) is 22.7 Å². The van der Waals surface area contributed by atoms with E-state index in [0.29, 0.717) is 31.2 Å². The SMILES string of the molecule is Cc1ccc(C(c2ccc(Cl)cc2)N2CCN(C(=O)C(CN=O)=NO)CC2)cc1. The molecule has 2 aromatic carbocycles. The third-order valence-electron chi connectivity index (χ3n) is 5.13. The molecule has 1 atom stereocenters. The largest absolute Gasteiger partial charge is 0.410 e. The number of amides is 1. The molecule has 8 heteroatoms. The van der Waals surface area contributed by atoms with Gasteiger partial charge in [-0.1, -0.05) is 63.9 Å². The smallest absolute Gasteiger partial charge is 0.273 e. The molecule has 1 N–H and O–H groups in total. The van der Waals surface area contributed by atoms with Crippen molar-refractivity contribution in [2.75, 3.05) is 32.7 Å². The zero-order valence-corrected chi connectivity index (χ0v) is 16.9. The molecule has 3 rings (SSSR count). The fourth-order valence-corrected chi connectivity index (χ4v) is 3.70. The molecule has 1 saturated heterocycles. The molecule has 2 aromatic rings. The maximum atomic E-state index is 12.4. The van der Waals surface area contributed by atoms with Gasteiger partial charge in [-0.15, -0.1) is 0 Å². The van der Waals surface area contributed by atoms with Crippen molar-refractivity contribution >= 4 is 23.2 Å². The Morgan fingerprint density at radius 3 is 2.10 bits per heavy atom. The summed E-state index contributed by atoms with van der Waals surface area (Å²) in [5, 5.41) is 15.2. The highest BCUT2D eigenvalue weighted by atomic mass is 35.5. The zero-order valence-electron chi connectivity index (χ0n) is 16.2. The summed E-state index contributed by atoms with van der Waals surface area (Å²) in [5.41, 5.74) is 3.25. The van der Waals surface area contributed by atoms with Gasteiger partial charge in [0.05, 0.1) is 6.04 Å². The minimum absolute atomic E-state index is 0.0349. The summed E-state index contributed by atoms with van der Waals surface area (Å²) >= 11 is 6.07. The van der Waals surface area contributed by atoms with E-state index in [0.717, 1.165) is 5.56 Å². The van der Waals surface area contributed by atoms with E-state index in [9.17, 15) is 9.70 Å². The maximum absolute atomic E-state index is 12.4. The van der Waals surface area contributed by atoms with Crippen molar-refractivity contribution < 1.29 is 10.0 Å². The number of benzene rings is 2. The Labute approximate surface area is 174 Å². The molecule has 1 aliphatic heterocycles. The van der Waals surface area contributed by atoms with E-state index in [1.807, 2.05) is 24.3 Å². The monoisotopic (exact) mass is 414 g/mol. The molecule has 1 amide bonds. The number of nitroso groups, excluding NO2 is 1.